The first kappa shape index (κ1) is 13.1. The average molecular weight is 330 g/mol. The molecule has 0 N–H and O–H groups in total. The van der Waals surface area contributed by atoms with E-state index in [0.717, 1.165) is 23.2 Å². The van der Waals surface area contributed by atoms with Gasteiger partial charge in [-0.15, -0.1) is 11.3 Å². The maximum atomic E-state index is 6.00. The minimum absolute atomic E-state index is 0.632. The first-order valence-electron chi connectivity index (χ1n) is 5.60. The van der Waals surface area contributed by atoms with Gasteiger partial charge in [0, 0.05) is 15.2 Å². The van der Waals surface area contributed by atoms with E-state index in [1.807, 2.05) is 23.5 Å². The van der Waals surface area contributed by atoms with Gasteiger partial charge in [0.2, 0.25) is 0 Å². The largest absolute Gasteiger partial charge is 0.149 e. The molecule has 0 spiro atoms. The third kappa shape index (κ3) is 4.13. The van der Waals surface area contributed by atoms with Gasteiger partial charge in [0.25, 0.3) is 0 Å². The van der Waals surface area contributed by atoms with Gasteiger partial charge in [0.05, 0.1) is 0 Å². The summed E-state index contributed by atoms with van der Waals surface area (Å²) in [5.74, 6) is 0.632. The highest BCUT2D eigenvalue weighted by Crippen LogP contribution is 2.21. The molecule has 0 saturated carbocycles. The summed E-state index contributed by atoms with van der Waals surface area (Å²) in [6.07, 6.45) is 2.21. The number of hydrogen-bond acceptors (Lipinski definition) is 1. The average Bonchev–Trinajstić information content (AvgIpc) is 2.81. The minimum atomic E-state index is 0.632. The van der Waals surface area contributed by atoms with Gasteiger partial charge < -0.3 is 0 Å². The zero-order valence-electron chi connectivity index (χ0n) is 9.40. The van der Waals surface area contributed by atoms with E-state index in [0.29, 0.717) is 5.92 Å². The van der Waals surface area contributed by atoms with Crippen molar-refractivity contribution in [2.75, 3.05) is 5.33 Å². The fourth-order valence-corrected chi connectivity index (χ4v) is 3.38. The maximum Gasteiger partial charge on any atom is 0.0408 e. The van der Waals surface area contributed by atoms with Gasteiger partial charge in [0.15, 0.2) is 0 Å². The Morgan fingerprint density at radius 1 is 1.18 bits per heavy atom. The Balaban J connectivity index is 2.00. The first-order chi connectivity index (χ1) is 8.28. The summed E-state index contributed by atoms with van der Waals surface area (Å²) < 4.78 is 0. The zero-order chi connectivity index (χ0) is 12.1. The molecule has 1 aromatic heterocycles. The van der Waals surface area contributed by atoms with Gasteiger partial charge in [-0.25, -0.2) is 0 Å². The molecule has 0 nitrogen and oxygen atoms in total. The molecule has 1 heterocycles. The van der Waals surface area contributed by atoms with Crippen molar-refractivity contribution in [2.45, 2.75) is 12.8 Å². The molecule has 0 aliphatic rings. The summed E-state index contributed by atoms with van der Waals surface area (Å²) in [7, 11) is 0. The van der Waals surface area contributed by atoms with Gasteiger partial charge in [-0.2, -0.15) is 0 Å². The van der Waals surface area contributed by atoms with Crippen LogP contribution in [0.4, 0.5) is 0 Å². The van der Waals surface area contributed by atoms with Crippen LogP contribution in [0.15, 0.2) is 41.8 Å². The maximum absolute atomic E-state index is 6.00. The second-order valence-electron chi connectivity index (χ2n) is 4.14. The van der Waals surface area contributed by atoms with Crippen molar-refractivity contribution < 1.29 is 0 Å². The summed E-state index contributed by atoms with van der Waals surface area (Å²) in [5, 5.41) is 3.99. The zero-order valence-corrected chi connectivity index (χ0v) is 12.6. The van der Waals surface area contributed by atoms with Crippen LogP contribution >= 0.6 is 38.9 Å². The Morgan fingerprint density at radius 3 is 2.71 bits per heavy atom. The van der Waals surface area contributed by atoms with Crippen LogP contribution < -0.4 is 0 Å². The van der Waals surface area contributed by atoms with Crippen LogP contribution in [0.2, 0.25) is 5.02 Å². The van der Waals surface area contributed by atoms with E-state index >= 15 is 0 Å². The third-order valence-corrected chi connectivity index (χ3v) is 4.75. The van der Waals surface area contributed by atoms with E-state index in [4.69, 9.17) is 11.6 Å². The molecule has 1 unspecified atom stereocenters. The highest BCUT2D eigenvalue weighted by atomic mass is 79.9. The molecule has 17 heavy (non-hydrogen) atoms. The molecule has 0 bridgehead atoms. The fourth-order valence-electron chi connectivity index (χ4n) is 1.89. The van der Waals surface area contributed by atoms with E-state index in [2.05, 4.69) is 45.6 Å². The molecule has 2 aromatic rings. The van der Waals surface area contributed by atoms with Crippen LogP contribution in [0.25, 0.3) is 0 Å². The van der Waals surface area contributed by atoms with Crippen molar-refractivity contribution in [2.24, 2.45) is 5.92 Å². The molecule has 2 rings (SSSR count). The van der Waals surface area contributed by atoms with Gasteiger partial charge >= 0.3 is 0 Å². The number of hydrogen-bond donors (Lipinski definition) is 0. The second kappa shape index (κ2) is 6.58. The summed E-state index contributed by atoms with van der Waals surface area (Å²) in [6, 6.07) is 12.5. The van der Waals surface area contributed by atoms with E-state index < -0.39 is 0 Å². The predicted octanol–water partition coefficient (Wildman–Crippen LogP) is 5.20. The number of rotatable bonds is 5. The van der Waals surface area contributed by atoms with E-state index in [1.165, 1.54) is 10.4 Å². The standard InChI is InChI=1S/C14H14BrClS/c15-10-12(9-14-5-2-6-17-14)7-11-3-1-4-13(16)8-11/h1-6,8,12H,7,9-10H2. The van der Waals surface area contributed by atoms with Gasteiger partial charge in [-0.3, -0.25) is 0 Å². The van der Waals surface area contributed by atoms with Crippen molar-refractivity contribution in [3.05, 3.63) is 57.2 Å². The molecule has 1 atom stereocenters. The number of benzene rings is 1. The van der Waals surface area contributed by atoms with Crippen molar-refractivity contribution in [1.82, 2.24) is 0 Å². The van der Waals surface area contributed by atoms with Gasteiger partial charge in [-0.1, -0.05) is 45.7 Å². The molecule has 0 aliphatic carbocycles. The Morgan fingerprint density at radius 2 is 2.06 bits per heavy atom. The van der Waals surface area contributed by atoms with E-state index in [9.17, 15) is 0 Å². The molecule has 0 amide bonds. The van der Waals surface area contributed by atoms with Crippen LogP contribution in [0.3, 0.4) is 0 Å². The van der Waals surface area contributed by atoms with Crippen LogP contribution in [0, 0.1) is 5.92 Å². The molecular weight excluding hydrogens is 316 g/mol. The SMILES string of the molecule is Clc1cccc(CC(CBr)Cc2cccs2)c1. The lowest BCUT2D eigenvalue weighted by molar-refractivity contribution is 0.596. The summed E-state index contributed by atoms with van der Waals surface area (Å²) in [6.45, 7) is 0. The van der Waals surface area contributed by atoms with Crippen molar-refractivity contribution in [3.63, 3.8) is 0 Å². The molecule has 90 valence electrons. The number of halogens is 2. The normalized spacial score (nSPS) is 12.6. The quantitative estimate of drug-likeness (QED) is 0.662. The summed E-state index contributed by atoms with van der Waals surface area (Å²) in [4.78, 5) is 1.46. The molecular formula is C14H14BrClS. The predicted molar refractivity (Wildman–Crippen MR) is 80.5 cm³/mol. The molecule has 1 aromatic carbocycles. The second-order valence-corrected chi connectivity index (χ2v) is 6.25. The lowest BCUT2D eigenvalue weighted by atomic mass is 9.97. The van der Waals surface area contributed by atoms with Crippen molar-refractivity contribution >= 4 is 38.9 Å². The molecule has 0 radical (unpaired) electrons. The summed E-state index contributed by atoms with van der Waals surface area (Å²) in [5.41, 5.74) is 1.32. The van der Waals surface area contributed by atoms with E-state index in [1.54, 1.807) is 0 Å². The van der Waals surface area contributed by atoms with Gasteiger partial charge in [-0.05, 0) is 47.9 Å². The molecule has 0 fully saturated rings. The Bertz CT molecular complexity index is 453. The number of alkyl halides is 1. The Hall–Kier alpha value is -0.310. The van der Waals surface area contributed by atoms with Gasteiger partial charge in [0.1, 0.15) is 0 Å². The highest BCUT2D eigenvalue weighted by Gasteiger charge is 2.10. The Labute approximate surface area is 120 Å². The Kier molecular flexibility index (Phi) is 5.08. The van der Waals surface area contributed by atoms with Crippen molar-refractivity contribution in [1.29, 1.82) is 0 Å². The van der Waals surface area contributed by atoms with Crippen molar-refractivity contribution in [3.8, 4) is 0 Å². The third-order valence-electron chi connectivity index (χ3n) is 2.70. The summed E-state index contributed by atoms with van der Waals surface area (Å²) >= 11 is 11.4. The first-order valence-corrected chi connectivity index (χ1v) is 7.98. The topological polar surface area (TPSA) is 0 Å². The van der Waals surface area contributed by atoms with Crippen LogP contribution in [0.5, 0.6) is 0 Å². The van der Waals surface area contributed by atoms with Crippen LogP contribution in [-0.4, -0.2) is 5.33 Å². The lowest BCUT2D eigenvalue weighted by Gasteiger charge is -2.13. The highest BCUT2D eigenvalue weighted by molar-refractivity contribution is 9.09. The fraction of sp³-hybridized carbons (Fsp3) is 0.286. The smallest absolute Gasteiger partial charge is 0.0408 e. The lowest BCUT2D eigenvalue weighted by Crippen LogP contribution is -2.09. The van der Waals surface area contributed by atoms with E-state index in [-0.39, 0.29) is 0 Å². The number of thiophene rings is 1. The monoisotopic (exact) mass is 328 g/mol. The molecule has 3 heteroatoms. The molecule has 0 saturated heterocycles. The van der Waals surface area contributed by atoms with Crippen LogP contribution in [-0.2, 0) is 12.8 Å². The van der Waals surface area contributed by atoms with Crippen LogP contribution in [0.1, 0.15) is 10.4 Å². The minimum Gasteiger partial charge on any atom is -0.149 e. The molecule has 0 aliphatic heterocycles.